The second-order valence-corrected chi connectivity index (χ2v) is 5.96. The molecule has 3 heterocycles. The van der Waals surface area contributed by atoms with Crippen LogP contribution in [0, 0.1) is 0 Å². The summed E-state index contributed by atoms with van der Waals surface area (Å²) in [6, 6.07) is 1.83. The molecular formula is C16H23N3O3. The lowest BCUT2D eigenvalue weighted by atomic mass is 9.91. The van der Waals surface area contributed by atoms with E-state index in [1.54, 1.807) is 19.6 Å². The Bertz CT molecular complexity index is 573. The standard InChI is InChI=1S/C16H23N3O3/c1-3-6-16(12-20-2)7-4-8-19(16)10-14-17-15(18-22-14)13-5-9-21-11-13/h5,9,11H,3-4,6-8,10,12H2,1-2H3. The Morgan fingerprint density at radius 2 is 2.36 bits per heavy atom. The maximum absolute atomic E-state index is 5.49. The summed E-state index contributed by atoms with van der Waals surface area (Å²) < 4.78 is 16.0. The van der Waals surface area contributed by atoms with Gasteiger partial charge in [-0.15, -0.1) is 0 Å². The van der Waals surface area contributed by atoms with E-state index in [9.17, 15) is 0 Å². The van der Waals surface area contributed by atoms with Gasteiger partial charge >= 0.3 is 0 Å². The first-order chi connectivity index (χ1) is 10.8. The molecule has 2 aromatic heterocycles. The third-order valence-corrected chi connectivity index (χ3v) is 4.44. The predicted molar refractivity (Wildman–Crippen MR) is 81.2 cm³/mol. The summed E-state index contributed by atoms with van der Waals surface area (Å²) in [6.07, 6.45) is 7.85. The second kappa shape index (κ2) is 6.62. The third-order valence-electron chi connectivity index (χ3n) is 4.44. The quantitative estimate of drug-likeness (QED) is 0.783. The van der Waals surface area contributed by atoms with E-state index in [0.29, 0.717) is 18.3 Å². The molecule has 6 heteroatoms. The minimum atomic E-state index is 0.105. The molecule has 1 saturated heterocycles. The number of nitrogens with zero attached hydrogens (tertiary/aromatic N) is 3. The fraction of sp³-hybridized carbons (Fsp3) is 0.625. The van der Waals surface area contributed by atoms with Crippen molar-refractivity contribution in [2.75, 3.05) is 20.3 Å². The third kappa shape index (κ3) is 2.94. The van der Waals surface area contributed by atoms with Crippen LogP contribution in [-0.2, 0) is 11.3 Å². The molecule has 1 fully saturated rings. The van der Waals surface area contributed by atoms with Gasteiger partial charge in [0.2, 0.25) is 11.7 Å². The highest BCUT2D eigenvalue weighted by molar-refractivity contribution is 5.51. The molecule has 1 aliphatic rings. The first-order valence-corrected chi connectivity index (χ1v) is 7.86. The van der Waals surface area contributed by atoms with Crippen molar-refractivity contribution in [1.82, 2.24) is 15.0 Å². The highest BCUT2D eigenvalue weighted by Gasteiger charge is 2.40. The van der Waals surface area contributed by atoms with Gasteiger partial charge in [0.1, 0.15) is 6.26 Å². The monoisotopic (exact) mass is 305 g/mol. The molecule has 0 amide bonds. The first-order valence-electron chi connectivity index (χ1n) is 7.86. The minimum absolute atomic E-state index is 0.105. The number of furan rings is 1. The summed E-state index contributed by atoms with van der Waals surface area (Å²) in [5.74, 6) is 1.23. The van der Waals surface area contributed by atoms with E-state index in [2.05, 4.69) is 22.0 Å². The van der Waals surface area contributed by atoms with Gasteiger partial charge in [-0.3, -0.25) is 4.90 Å². The van der Waals surface area contributed by atoms with Gasteiger partial charge in [-0.05, 0) is 31.9 Å². The molecule has 0 bridgehead atoms. The van der Waals surface area contributed by atoms with E-state index >= 15 is 0 Å². The van der Waals surface area contributed by atoms with Crippen LogP contribution in [0.15, 0.2) is 27.5 Å². The van der Waals surface area contributed by atoms with E-state index in [1.165, 1.54) is 6.42 Å². The van der Waals surface area contributed by atoms with E-state index in [0.717, 1.165) is 38.0 Å². The van der Waals surface area contributed by atoms with Crippen molar-refractivity contribution in [2.45, 2.75) is 44.7 Å². The van der Waals surface area contributed by atoms with E-state index in [4.69, 9.17) is 13.7 Å². The summed E-state index contributed by atoms with van der Waals surface area (Å²) in [6.45, 7) is 4.70. The van der Waals surface area contributed by atoms with Gasteiger partial charge in [0.05, 0.1) is 25.0 Å². The highest BCUT2D eigenvalue weighted by Crippen LogP contribution is 2.35. The van der Waals surface area contributed by atoms with Gasteiger partial charge in [0.15, 0.2) is 0 Å². The Kier molecular flexibility index (Phi) is 4.59. The molecule has 6 nitrogen and oxygen atoms in total. The average molecular weight is 305 g/mol. The molecule has 0 aliphatic carbocycles. The molecule has 0 saturated carbocycles. The number of ether oxygens (including phenoxy) is 1. The Morgan fingerprint density at radius 1 is 1.45 bits per heavy atom. The van der Waals surface area contributed by atoms with Crippen molar-refractivity contribution in [3.05, 3.63) is 24.5 Å². The van der Waals surface area contributed by atoms with Crippen LogP contribution >= 0.6 is 0 Å². The number of hydrogen-bond acceptors (Lipinski definition) is 6. The molecule has 0 aromatic carbocycles. The summed E-state index contributed by atoms with van der Waals surface area (Å²) in [5, 5.41) is 4.04. The van der Waals surface area contributed by atoms with Crippen LogP contribution in [0.25, 0.3) is 11.4 Å². The Balaban J connectivity index is 1.74. The fourth-order valence-electron chi connectivity index (χ4n) is 3.49. The molecule has 3 rings (SSSR count). The lowest BCUT2D eigenvalue weighted by molar-refractivity contribution is 0.0212. The van der Waals surface area contributed by atoms with E-state index in [-0.39, 0.29) is 5.54 Å². The minimum Gasteiger partial charge on any atom is -0.472 e. The SMILES string of the molecule is CCCC1(COC)CCCN1Cc1nc(-c2ccoc2)no1. The van der Waals surface area contributed by atoms with Crippen molar-refractivity contribution in [1.29, 1.82) is 0 Å². The second-order valence-electron chi connectivity index (χ2n) is 5.96. The van der Waals surface area contributed by atoms with Crippen molar-refractivity contribution < 1.29 is 13.7 Å². The van der Waals surface area contributed by atoms with Crippen LogP contribution in [0.4, 0.5) is 0 Å². The fourth-order valence-corrected chi connectivity index (χ4v) is 3.49. The van der Waals surface area contributed by atoms with Crippen molar-refractivity contribution in [3.8, 4) is 11.4 Å². The number of aromatic nitrogens is 2. The lowest BCUT2D eigenvalue weighted by Crippen LogP contribution is -2.47. The maximum atomic E-state index is 5.49. The summed E-state index contributed by atoms with van der Waals surface area (Å²) in [5.41, 5.74) is 0.946. The lowest BCUT2D eigenvalue weighted by Gasteiger charge is -2.37. The predicted octanol–water partition coefficient (Wildman–Crippen LogP) is 3.11. The zero-order valence-electron chi connectivity index (χ0n) is 13.2. The van der Waals surface area contributed by atoms with Crippen LogP contribution < -0.4 is 0 Å². The number of hydrogen-bond donors (Lipinski definition) is 0. The largest absolute Gasteiger partial charge is 0.472 e. The van der Waals surface area contributed by atoms with Crippen LogP contribution in [0.1, 0.15) is 38.5 Å². The van der Waals surface area contributed by atoms with Crippen LogP contribution in [0.5, 0.6) is 0 Å². The van der Waals surface area contributed by atoms with Gasteiger partial charge in [-0.25, -0.2) is 0 Å². The normalized spacial score (nSPS) is 22.5. The number of methoxy groups -OCH3 is 1. The van der Waals surface area contributed by atoms with Crippen molar-refractivity contribution in [3.63, 3.8) is 0 Å². The van der Waals surface area contributed by atoms with Gasteiger partial charge in [-0.1, -0.05) is 18.5 Å². The summed E-state index contributed by atoms with van der Waals surface area (Å²) in [7, 11) is 1.78. The van der Waals surface area contributed by atoms with Crippen molar-refractivity contribution in [2.24, 2.45) is 0 Å². The smallest absolute Gasteiger partial charge is 0.241 e. The van der Waals surface area contributed by atoms with Crippen LogP contribution in [0.2, 0.25) is 0 Å². The summed E-state index contributed by atoms with van der Waals surface area (Å²) >= 11 is 0. The van der Waals surface area contributed by atoms with Gasteiger partial charge in [-0.2, -0.15) is 4.98 Å². The topological polar surface area (TPSA) is 64.5 Å². The van der Waals surface area contributed by atoms with Crippen LogP contribution in [0.3, 0.4) is 0 Å². The van der Waals surface area contributed by atoms with Crippen LogP contribution in [-0.4, -0.2) is 40.8 Å². The van der Waals surface area contributed by atoms with Gasteiger partial charge in [0, 0.05) is 12.6 Å². The molecule has 1 aliphatic heterocycles. The zero-order valence-corrected chi connectivity index (χ0v) is 13.2. The molecule has 120 valence electrons. The molecule has 0 radical (unpaired) electrons. The first kappa shape index (κ1) is 15.2. The average Bonchev–Trinajstić information content (AvgIpc) is 3.22. The number of likely N-dealkylation sites (tertiary alicyclic amines) is 1. The van der Waals surface area contributed by atoms with Gasteiger partial charge < -0.3 is 13.7 Å². The molecule has 22 heavy (non-hydrogen) atoms. The van der Waals surface area contributed by atoms with E-state index < -0.39 is 0 Å². The molecule has 0 spiro atoms. The zero-order chi connectivity index (χ0) is 15.4. The number of rotatable bonds is 7. The molecule has 0 N–H and O–H groups in total. The molecular weight excluding hydrogens is 282 g/mol. The van der Waals surface area contributed by atoms with Gasteiger partial charge in [0.25, 0.3) is 0 Å². The molecule has 1 unspecified atom stereocenters. The summed E-state index contributed by atoms with van der Waals surface area (Å²) in [4.78, 5) is 6.92. The van der Waals surface area contributed by atoms with E-state index in [1.807, 2.05) is 6.07 Å². The highest BCUT2D eigenvalue weighted by atomic mass is 16.5. The molecule has 2 aromatic rings. The Hall–Kier alpha value is -1.66. The van der Waals surface area contributed by atoms with Crippen molar-refractivity contribution >= 4 is 0 Å². The maximum Gasteiger partial charge on any atom is 0.241 e. The Labute approximate surface area is 130 Å². The Morgan fingerprint density at radius 3 is 3.09 bits per heavy atom. The molecule has 1 atom stereocenters.